The minimum atomic E-state index is -4.00. The number of nitrogens with one attached hydrogen (secondary N) is 1. The molecule has 0 aromatic rings. The summed E-state index contributed by atoms with van der Waals surface area (Å²) in [4.78, 5) is 2.32. The highest BCUT2D eigenvalue weighted by molar-refractivity contribution is 4.73. The molecule has 0 aliphatic carbocycles. The van der Waals surface area contributed by atoms with E-state index in [1.165, 1.54) is 0 Å². The van der Waals surface area contributed by atoms with Gasteiger partial charge in [-0.3, -0.25) is 0 Å². The predicted octanol–water partition coefficient (Wildman–Crippen LogP) is 3.04. The molecule has 18 heavy (non-hydrogen) atoms. The summed E-state index contributed by atoms with van der Waals surface area (Å²) in [6.07, 6.45) is -2.67. The molecule has 0 aromatic heterocycles. The second-order valence-corrected chi connectivity index (χ2v) is 5.58. The van der Waals surface area contributed by atoms with E-state index in [0.29, 0.717) is 18.4 Å². The van der Waals surface area contributed by atoms with Gasteiger partial charge in [-0.25, -0.2) is 0 Å². The maximum Gasteiger partial charge on any atom is 0.389 e. The van der Waals surface area contributed by atoms with E-state index >= 15 is 0 Å². The molecular formula is C13H25F3N2. The van der Waals surface area contributed by atoms with Gasteiger partial charge >= 0.3 is 6.18 Å². The smallest absolute Gasteiger partial charge is 0.314 e. The number of hydrogen-bond donors (Lipinski definition) is 1. The fourth-order valence-corrected chi connectivity index (χ4v) is 2.34. The Labute approximate surface area is 108 Å². The van der Waals surface area contributed by atoms with Crippen LogP contribution in [0.4, 0.5) is 13.2 Å². The zero-order valence-corrected chi connectivity index (χ0v) is 11.4. The summed E-state index contributed by atoms with van der Waals surface area (Å²) in [5.41, 5.74) is 0. The summed E-state index contributed by atoms with van der Waals surface area (Å²) < 4.78 is 36.1. The minimum absolute atomic E-state index is 0.252. The van der Waals surface area contributed by atoms with Crippen molar-refractivity contribution in [3.63, 3.8) is 0 Å². The summed E-state index contributed by atoms with van der Waals surface area (Å²) in [6, 6.07) is 0.505. The Bertz CT molecular complexity index is 231. The fourth-order valence-electron chi connectivity index (χ4n) is 2.34. The highest BCUT2D eigenvalue weighted by atomic mass is 19.4. The standard InChI is InChI=1S/C13H25F3N2/c1-11-9-17-12(2)5-8-18(10-11)7-4-3-6-13(14,15)16/h11-12,17H,3-10H2,1-2H3. The van der Waals surface area contributed by atoms with Crippen molar-refractivity contribution in [2.45, 2.75) is 51.7 Å². The molecule has 2 atom stereocenters. The second kappa shape index (κ2) is 7.34. The molecule has 2 nitrogen and oxygen atoms in total. The molecule has 0 bridgehead atoms. The highest BCUT2D eigenvalue weighted by Crippen LogP contribution is 2.22. The zero-order valence-electron chi connectivity index (χ0n) is 11.4. The van der Waals surface area contributed by atoms with E-state index in [-0.39, 0.29) is 6.42 Å². The average molecular weight is 266 g/mol. The van der Waals surface area contributed by atoms with Crippen LogP contribution in [0.1, 0.15) is 39.5 Å². The molecule has 0 radical (unpaired) electrons. The quantitative estimate of drug-likeness (QED) is 0.787. The van der Waals surface area contributed by atoms with Crippen LogP contribution in [0.3, 0.4) is 0 Å². The van der Waals surface area contributed by atoms with Crippen LogP contribution < -0.4 is 5.32 Å². The summed E-state index contributed by atoms with van der Waals surface area (Å²) in [7, 11) is 0. The van der Waals surface area contributed by atoms with Crippen LogP contribution in [0.2, 0.25) is 0 Å². The van der Waals surface area contributed by atoms with Gasteiger partial charge in [0.05, 0.1) is 0 Å². The first kappa shape index (κ1) is 15.8. The molecule has 1 aliphatic rings. The van der Waals surface area contributed by atoms with Crippen molar-refractivity contribution in [2.75, 3.05) is 26.2 Å². The average Bonchev–Trinajstić information content (AvgIpc) is 2.25. The maximum absolute atomic E-state index is 12.0. The van der Waals surface area contributed by atoms with E-state index in [4.69, 9.17) is 0 Å². The maximum atomic E-state index is 12.0. The largest absolute Gasteiger partial charge is 0.389 e. The predicted molar refractivity (Wildman–Crippen MR) is 67.6 cm³/mol. The third kappa shape index (κ3) is 7.21. The SMILES string of the molecule is CC1CNC(C)CCN(CCCCC(F)(F)F)C1. The molecule has 108 valence electrons. The van der Waals surface area contributed by atoms with Crippen LogP contribution in [0.15, 0.2) is 0 Å². The number of rotatable bonds is 4. The Morgan fingerprint density at radius 3 is 2.61 bits per heavy atom. The Morgan fingerprint density at radius 2 is 1.94 bits per heavy atom. The first-order valence-electron chi connectivity index (χ1n) is 6.89. The Hall–Kier alpha value is -0.290. The molecule has 1 rings (SSSR count). The highest BCUT2D eigenvalue weighted by Gasteiger charge is 2.26. The topological polar surface area (TPSA) is 15.3 Å². The molecule has 0 saturated carbocycles. The number of hydrogen-bond acceptors (Lipinski definition) is 2. The molecule has 1 fully saturated rings. The molecule has 1 heterocycles. The molecule has 1 aliphatic heterocycles. The van der Waals surface area contributed by atoms with Gasteiger partial charge < -0.3 is 10.2 Å². The minimum Gasteiger partial charge on any atom is -0.314 e. The van der Waals surface area contributed by atoms with E-state index in [1.54, 1.807) is 0 Å². The Morgan fingerprint density at radius 1 is 1.22 bits per heavy atom. The lowest BCUT2D eigenvalue weighted by molar-refractivity contribution is -0.135. The third-order valence-electron chi connectivity index (χ3n) is 3.45. The number of nitrogens with zero attached hydrogens (tertiary/aromatic N) is 1. The van der Waals surface area contributed by atoms with Gasteiger partial charge in [0, 0.05) is 19.0 Å². The van der Waals surface area contributed by atoms with Crippen molar-refractivity contribution >= 4 is 0 Å². The normalized spacial score (nSPS) is 27.8. The summed E-state index contributed by atoms with van der Waals surface area (Å²) >= 11 is 0. The lowest BCUT2D eigenvalue weighted by atomic mass is 10.1. The molecule has 5 heteroatoms. The summed E-state index contributed by atoms with van der Waals surface area (Å²) in [5, 5.41) is 3.47. The van der Waals surface area contributed by atoms with Crippen molar-refractivity contribution in [1.82, 2.24) is 10.2 Å². The van der Waals surface area contributed by atoms with Crippen LogP contribution in [0.5, 0.6) is 0 Å². The number of halogens is 3. The Kier molecular flexibility index (Phi) is 6.43. The van der Waals surface area contributed by atoms with Gasteiger partial charge in [0.15, 0.2) is 0 Å². The van der Waals surface area contributed by atoms with Crippen LogP contribution in [0.25, 0.3) is 0 Å². The van der Waals surface area contributed by atoms with Crippen molar-refractivity contribution < 1.29 is 13.2 Å². The zero-order chi connectivity index (χ0) is 13.6. The molecule has 0 amide bonds. The van der Waals surface area contributed by atoms with Crippen molar-refractivity contribution in [1.29, 1.82) is 0 Å². The van der Waals surface area contributed by atoms with Crippen molar-refractivity contribution in [2.24, 2.45) is 5.92 Å². The fraction of sp³-hybridized carbons (Fsp3) is 1.00. The van der Waals surface area contributed by atoms with Crippen LogP contribution in [-0.4, -0.2) is 43.3 Å². The van der Waals surface area contributed by atoms with Crippen LogP contribution >= 0.6 is 0 Å². The van der Waals surface area contributed by atoms with E-state index in [1.807, 2.05) is 0 Å². The van der Waals surface area contributed by atoms with Gasteiger partial charge in [0.2, 0.25) is 0 Å². The summed E-state index contributed by atoms with van der Waals surface area (Å²) in [6.45, 7) is 8.14. The van der Waals surface area contributed by atoms with Crippen LogP contribution in [-0.2, 0) is 0 Å². The molecule has 2 unspecified atom stereocenters. The lowest BCUT2D eigenvalue weighted by Crippen LogP contribution is -2.42. The molecule has 1 saturated heterocycles. The van der Waals surface area contributed by atoms with Crippen molar-refractivity contribution in [3.05, 3.63) is 0 Å². The Balaban J connectivity index is 2.22. The van der Waals surface area contributed by atoms with Gasteiger partial charge in [0.1, 0.15) is 0 Å². The van der Waals surface area contributed by atoms with E-state index in [0.717, 1.165) is 32.6 Å². The third-order valence-corrected chi connectivity index (χ3v) is 3.45. The van der Waals surface area contributed by atoms with Crippen molar-refractivity contribution in [3.8, 4) is 0 Å². The monoisotopic (exact) mass is 266 g/mol. The lowest BCUT2D eigenvalue weighted by Gasteiger charge is -2.31. The first-order chi connectivity index (χ1) is 8.37. The molecule has 0 aromatic carbocycles. The number of alkyl halides is 3. The van der Waals surface area contributed by atoms with Gasteiger partial charge in [0.25, 0.3) is 0 Å². The molecular weight excluding hydrogens is 241 g/mol. The summed E-state index contributed by atoms with van der Waals surface area (Å²) in [5.74, 6) is 0.565. The first-order valence-corrected chi connectivity index (χ1v) is 6.89. The van der Waals surface area contributed by atoms with Gasteiger partial charge in [-0.1, -0.05) is 6.92 Å². The van der Waals surface area contributed by atoms with Gasteiger partial charge in [-0.05, 0) is 51.7 Å². The van der Waals surface area contributed by atoms with E-state index in [2.05, 4.69) is 24.1 Å². The van der Waals surface area contributed by atoms with Gasteiger partial charge in [-0.15, -0.1) is 0 Å². The van der Waals surface area contributed by atoms with Crippen LogP contribution in [0, 0.1) is 5.92 Å². The van der Waals surface area contributed by atoms with E-state index in [9.17, 15) is 13.2 Å². The molecule has 0 spiro atoms. The van der Waals surface area contributed by atoms with Gasteiger partial charge in [-0.2, -0.15) is 13.2 Å². The molecule has 1 N–H and O–H groups in total. The van der Waals surface area contributed by atoms with E-state index < -0.39 is 12.6 Å². The second-order valence-electron chi connectivity index (χ2n) is 5.58. The number of unbranched alkanes of at least 4 members (excludes halogenated alkanes) is 1.